The molecule has 80 valence electrons. The van der Waals surface area contributed by atoms with E-state index < -0.39 is 18.4 Å². The summed E-state index contributed by atoms with van der Waals surface area (Å²) in [6, 6.07) is 0. The quantitative estimate of drug-likeness (QED) is 0.660. The minimum Gasteiger partial charge on any atom is -0.366 e. The summed E-state index contributed by atoms with van der Waals surface area (Å²) >= 11 is 0. The number of halogens is 3. The Morgan fingerprint density at radius 1 is 0.923 bits per heavy atom. The zero-order valence-electron chi connectivity index (χ0n) is 8.70. The summed E-state index contributed by atoms with van der Waals surface area (Å²) < 4.78 is 41.1. The molecule has 0 saturated heterocycles. The molecule has 4 heteroatoms. The van der Waals surface area contributed by atoms with Crippen molar-refractivity contribution in [2.45, 2.75) is 53.0 Å². The molecule has 0 radical (unpaired) electrons. The Kier molecular flexibility index (Phi) is 3.79. The van der Waals surface area contributed by atoms with Crippen molar-refractivity contribution in [1.29, 1.82) is 0 Å². The number of hydrogen-bond acceptors (Lipinski definition) is 1. The summed E-state index contributed by atoms with van der Waals surface area (Å²) in [5.41, 5.74) is -0.264. The highest BCUT2D eigenvalue weighted by Crippen LogP contribution is 2.28. The van der Waals surface area contributed by atoms with Gasteiger partial charge in [-0.25, -0.2) is 0 Å². The highest BCUT2D eigenvalue weighted by molar-refractivity contribution is 4.73. The molecule has 0 saturated carbocycles. The lowest BCUT2D eigenvalue weighted by Gasteiger charge is -2.30. The molecular formula is C9H17F3O. The Labute approximate surface area is 77.3 Å². The molecule has 2 atom stereocenters. The van der Waals surface area contributed by atoms with Crippen molar-refractivity contribution in [3.63, 3.8) is 0 Å². The van der Waals surface area contributed by atoms with Gasteiger partial charge in [0.2, 0.25) is 0 Å². The van der Waals surface area contributed by atoms with Crippen LogP contribution in [0.15, 0.2) is 0 Å². The largest absolute Gasteiger partial charge is 0.414 e. The fourth-order valence-electron chi connectivity index (χ4n) is 0.587. The summed E-state index contributed by atoms with van der Waals surface area (Å²) in [6.07, 6.45) is -6.37. The Balaban J connectivity index is 4.15. The van der Waals surface area contributed by atoms with Crippen LogP contribution in [0.25, 0.3) is 0 Å². The van der Waals surface area contributed by atoms with Crippen molar-refractivity contribution in [2.24, 2.45) is 5.41 Å². The molecular weight excluding hydrogens is 181 g/mol. The van der Waals surface area contributed by atoms with E-state index in [-0.39, 0.29) is 5.41 Å². The molecule has 0 aromatic heterocycles. The third-order valence-electron chi connectivity index (χ3n) is 2.09. The molecule has 0 fully saturated rings. The van der Waals surface area contributed by atoms with Gasteiger partial charge in [0.1, 0.15) is 0 Å². The van der Waals surface area contributed by atoms with Gasteiger partial charge in [-0.3, -0.25) is 0 Å². The van der Waals surface area contributed by atoms with Crippen LogP contribution < -0.4 is 0 Å². The van der Waals surface area contributed by atoms with Crippen molar-refractivity contribution in [3.05, 3.63) is 0 Å². The second-order valence-electron chi connectivity index (χ2n) is 4.33. The predicted molar refractivity (Wildman–Crippen MR) is 45.5 cm³/mol. The topological polar surface area (TPSA) is 9.23 Å². The van der Waals surface area contributed by atoms with Gasteiger partial charge in [0.15, 0.2) is 6.10 Å². The van der Waals surface area contributed by atoms with E-state index in [1.54, 1.807) is 6.92 Å². The van der Waals surface area contributed by atoms with Crippen molar-refractivity contribution >= 4 is 0 Å². The van der Waals surface area contributed by atoms with Gasteiger partial charge in [-0.05, 0) is 19.3 Å². The van der Waals surface area contributed by atoms with E-state index in [1.807, 2.05) is 20.8 Å². The zero-order valence-corrected chi connectivity index (χ0v) is 8.70. The molecule has 1 nitrogen and oxygen atoms in total. The van der Waals surface area contributed by atoms with Crippen LogP contribution in [0.3, 0.4) is 0 Å². The summed E-state index contributed by atoms with van der Waals surface area (Å²) in [5, 5.41) is 0. The van der Waals surface area contributed by atoms with Crippen LogP contribution in [0.5, 0.6) is 0 Å². The first-order chi connectivity index (χ1) is 5.55. The third-order valence-corrected chi connectivity index (χ3v) is 2.09. The number of alkyl halides is 3. The first kappa shape index (κ1) is 12.8. The van der Waals surface area contributed by atoms with Crippen molar-refractivity contribution < 1.29 is 17.9 Å². The molecule has 0 rings (SSSR count). The molecule has 0 aliphatic rings. The molecule has 0 aliphatic heterocycles. The lowest BCUT2D eigenvalue weighted by molar-refractivity contribution is -0.233. The maximum Gasteiger partial charge on any atom is 0.414 e. The molecule has 13 heavy (non-hydrogen) atoms. The molecule has 0 unspecified atom stereocenters. The Bertz CT molecular complexity index is 139. The monoisotopic (exact) mass is 198 g/mol. The first-order valence-electron chi connectivity index (χ1n) is 4.27. The van der Waals surface area contributed by atoms with Crippen LogP contribution in [-0.4, -0.2) is 18.4 Å². The summed E-state index contributed by atoms with van der Waals surface area (Å²) in [4.78, 5) is 0. The number of rotatable bonds is 2. The van der Waals surface area contributed by atoms with E-state index in [2.05, 4.69) is 0 Å². The molecule has 0 bridgehead atoms. The van der Waals surface area contributed by atoms with Gasteiger partial charge in [-0.2, -0.15) is 13.2 Å². The van der Waals surface area contributed by atoms with Crippen LogP contribution in [0.2, 0.25) is 0 Å². The Morgan fingerprint density at radius 2 is 1.31 bits per heavy atom. The molecule has 0 heterocycles. The molecule has 0 aliphatic carbocycles. The minimum absolute atomic E-state index is 0.264. The van der Waals surface area contributed by atoms with Gasteiger partial charge in [0.25, 0.3) is 0 Å². The van der Waals surface area contributed by atoms with E-state index >= 15 is 0 Å². The van der Waals surface area contributed by atoms with Gasteiger partial charge in [0, 0.05) is 0 Å². The Morgan fingerprint density at radius 3 is 1.54 bits per heavy atom. The van der Waals surface area contributed by atoms with Gasteiger partial charge in [-0.1, -0.05) is 20.8 Å². The van der Waals surface area contributed by atoms with Gasteiger partial charge in [-0.15, -0.1) is 0 Å². The van der Waals surface area contributed by atoms with Crippen LogP contribution in [0, 0.1) is 5.41 Å². The molecule has 0 amide bonds. The van der Waals surface area contributed by atoms with Crippen LogP contribution in [-0.2, 0) is 4.74 Å². The summed E-state index contributed by atoms with van der Waals surface area (Å²) in [5.74, 6) is 0. The summed E-state index contributed by atoms with van der Waals surface area (Å²) in [6.45, 7) is 8.23. The number of hydrogen-bond donors (Lipinski definition) is 0. The third kappa shape index (κ3) is 4.50. The van der Waals surface area contributed by atoms with E-state index in [1.165, 1.54) is 0 Å². The minimum atomic E-state index is -4.26. The average molecular weight is 198 g/mol. The molecule has 0 aromatic carbocycles. The predicted octanol–water partition coefficient (Wildman–Crippen LogP) is 3.39. The fraction of sp³-hybridized carbons (Fsp3) is 1.00. The highest BCUT2D eigenvalue weighted by atomic mass is 19.4. The number of ether oxygens (including phenoxy) is 1. The second-order valence-corrected chi connectivity index (χ2v) is 4.33. The Hall–Kier alpha value is -0.250. The maximum absolute atomic E-state index is 12.1. The molecule has 0 N–H and O–H groups in total. The zero-order chi connectivity index (χ0) is 10.9. The SMILES string of the molecule is C[C@H](O[C@@H](C)C(F)(F)F)C(C)(C)C. The van der Waals surface area contributed by atoms with E-state index in [9.17, 15) is 13.2 Å². The first-order valence-corrected chi connectivity index (χ1v) is 4.27. The van der Waals surface area contributed by atoms with Crippen LogP contribution in [0.1, 0.15) is 34.6 Å². The van der Waals surface area contributed by atoms with Crippen LogP contribution in [0.4, 0.5) is 13.2 Å². The fourth-order valence-corrected chi connectivity index (χ4v) is 0.587. The van der Waals surface area contributed by atoms with Crippen molar-refractivity contribution in [2.75, 3.05) is 0 Å². The lowest BCUT2D eigenvalue weighted by atomic mass is 9.90. The average Bonchev–Trinajstić information content (AvgIpc) is 1.82. The van der Waals surface area contributed by atoms with Crippen molar-refractivity contribution in [3.8, 4) is 0 Å². The van der Waals surface area contributed by atoms with Gasteiger partial charge < -0.3 is 4.74 Å². The van der Waals surface area contributed by atoms with Crippen molar-refractivity contribution in [1.82, 2.24) is 0 Å². The smallest absolute Gasteiger partial charge is 0.366 e. The van der Waals surface area contributed by atoms with E-state index in [4.69, 9.17) is 4.74 Å². The van der Waals surface area contributed by atoms with Gasteiger partial charge in [0.05, 0.1) is 6.10 Å². The summed E-state index contributed by atoms with van der Waals surface area (Å²) in [7, 11) is 0. The van der Waals surface area contributed by atoms with E-state index in [0.717, 1.165) is 6.92 Å². The normalized spacial score (nSPS) is 18.5. The van der Waals surface area contributed by atoms with Gasteiger partial charge >= 0.3 is 6.18 Å². The standard InChI is InChI=1S/C9H17F3O/c1-6(8(3,4)5)13-7(2)9(10,11)12/h6-7H,1-5H3/t6-,7-/m0/s1. The van der Waals surface area contributed by atoms with Crippen LogP contribution >= 0.6 is 0 Å². The maximum atomic E-state index is 12.1. The molecule has 0 spiro atoms. The van der Waals surface area contributed by atoms with E-state index in [0.29, 0.717) is 0 Å². The second kappa shape index (κ2) is 3.86. The lowest BCUT2D eigenvalue weighted by Crippen LogP contribution is -2.36. The molecule has 0 aromatic rings. The highest BCUT2D eigenvalue weighted by Gasteiger charge is 2.39.